The van der Waals surface area contributed by atoms with Gasteiger partial charge >= 0.3 is 0 Å². The number of carbonyl (C=O) groups is 1. The fraction of sp³-hybridized carbons (Fsp3) is 0.467. The van der Waals surface area contributed by atoms with Crippen LogP contribution in [-0.4, -0.2) is 26.4 Å². The summed E-state index contributed by atoms with van der Waals surface area (Å²) >= 11 is 0. The number of nitrogens with zero attached hydrogens (tertiary/aromatic N) is 1. The summed E-state index contributed by atoms with van der Waals surface area (Å²) in [7, 11) is -4.04. The number of nitrogens with one attached hydrogen (secondary N) is 2. The van der Waals surface area contributed by atoms with E-state index in [1.807, 2.05) is 0 Å². The Morgan fingerprint density at radius 3 is 2.61 bits per heavy atom. The normalized spacial score (nSPS) is 17.2. The van der Waals surface area contributed by atoms with Crippen LogP contribution in [0, 0.1) is 17.1 Å². The van der Waals surface area contributed by atoms with E-state index in [2.05, 4.69) is 10.0 Å². The molecular formula is C15H18FN3O3S. The first-order chi connectivity index (χ1) is 10.9. The molecule has 23 heavy (non-hydrogen) atoms. The van der Waals surface area contributed by atoms with Crippen molar-refractivity contribution in [2.45, 2.75) is 42.5 Å². The van der Waals surface area contributed by atoms with E-state index in [0.29, 0.717) is 25.7 Å². The SMILES string of the molecule is N#CCNC(=O)C1(NS(=O)(=O)c2cccc(F)c2)CCCCC1. The lowest BCUT2D eigenvalue weighted by Crippen LogP contribution is -2.59. The zero-order valence-electron chi connectivity index (χ0n) is 12.5. The van der Waals surface area contributed by atoms with Crippen molar-refractivity contribution in [1.29, 1.82) is 5.26 Å². The minimum atomic E-state index is -4.04. The predicted molar refractivity (Wildman–Crippen MR) is 81.2 cm³/mol. The van der Waals surface area contributed by atoms with Gasteiger partial charge in [-0.2, -0.15) is 9.98 Å². The zero-order chi connectivity index (χ0) is 16.9. The third-order valence-electron chi connectivity index (χ3n) is 3.91. The van der Waals surface area contributed by atoms with Crippen molar-refractivity contribution < 1.29 is 17.6 Å². The fourth-order valence-electron chi connectivity index (χ4n) is 2.77. The smallest absolute Gasteiger partial charge is 0.242 e. The molecule has 1 aliphatic rings. The molecule has 0 aromatic heterocycles. The second-order valence-electron chi connectivity index (χ2n) is 5.55. The van der Waals surface area contributed by atoms with Gasteiger partial charge in [-0.05, 0) is 31.0 Å². The number of rotatable bonds is 5. The van der Waals surface area contributed by atoms with E-state index in [0.717, 1.165) is 18.6 Å². The lowest BCUT2D eigenvalue weighted by atomic mass is 9.82. The second-order valence-corrected chi connectivity index (χ2v) is 7.23. The number of sulfonamides is 1. The van der Waals surface area contributed by atoms with E-state index < -0.39 is 27.3 Å². The molecule has 1 aromatic rings. The summed E-state index contributed by atoms with van der Waals surface area (Å²) in [5.41, 5.74) is -1.29. The van der Waals surface area contributed by atoms with Gasteiger partial charge in [-0.3, -0.25) is 4.79 Å². The number of hydrogen-bond acceptors (Lipinski definition) is 4. The molecule has 2 N–H and O–H groups in total. The summed E-state index contributed by atoms with van der Waals surface area (Å²) < 4.78 is 40.8. The van der Waals surface area contributed by atoms with Gasteiger partial charge in [0, 0.05) is 0 Å². The number of benzene rings is 1. The van der Waals surface area contributed by atoms with Crippen LogP contribution < -0.4 is 10.0 Å². The van der Waals surface area contributed by atoms with Crippen LogP contribution >= 0.6 is 0 Å². The van der Waals surface area contributed by atoms with Crippen LogP contribution in [0.2, 0.25) is 0 Å². The lowest BCUT2D eigenvalue weighted by Gasteiger charge is -2.36. The average Bonchev–Trinajstić information content (AvgIpc) is 2.53. The van der Waals surface area contributed by atoms with Crippen LogP contribution in [0.4, 0.5) is 4.39 Å². The topological polar surface area (TPSA) is 99.1 Å². The molecule has 0 heterocycles. The Morgan fingerprint density at radius 2 is 2.00 bits per heavy atom. The molecule has 8 heteroatoms. The predicted octanol–water partition coefficient (Wildman–Crippen LogP) is 1.45. The number of amides is 1. The Morgan fingerprint density at radius 1 is 1.30 bits per heavy atom. The largest absolute Gasteiger partial charge is 0.341 e. The monoisotopic (exact) mass is 339 g/mol. The molecule has 1 aromatic carbocycles. The summed E-state index contributed by atoms with van der Waals surface area (Å²) in [4.78, 5) is 12.2. The summed E-state index contributed by atoms with van der Waals surface area (Å²) in [5, 5.41) is 11.0. The van der Waals surface area contributed by atoms with Crippen molar-refractivity contribution in [3.05, 3.63) is 30.1 Å². The maximum Gasteiger partial charge on any atom is 0.242 e. The van der Waals surface area contributed by atoms with E-state index in [1.165, 1.54) is 12.1 Å². The van der Waals surface area contributed by atoms with Gasteiger partial charge in [0.05, 0.1) is 11.0 Å². The summed E-state index contributed by atoms with van der Waals surface area (Å²) in [5.74, 6) is -1.18. The molecule has 124 valence electrons. The van der Waals surface area contributed by atoms with Crippen molar-refractivity contribution in [3.63, 3.8) is 0 Å². The maximum absolute atomic E-state index is 13.3. The van der Waals surface area contributed by atoms with Crippen LogP contribution in [0.1, 0.15) is 32.1 Å². The first kappa shape index (κ1) is 17.4. The molecule has 0 aliphatic heterocycles. The van der Waals surface area contributed by atoms with Crippen molar-refractivity contribution in [2.24, 2.45) is 0 Å². The fourth-order valence-corrected chi connectivity index (χ4v) is 4.22. The molecular weight excluding hydrogens is 321 g/mol. The summed E-state index contributed by atoms with van der Waals surface area (Å²) in [6.07, 6.45) is 3.00. The van der Waals surface area contributed by atoms with Gasteiger partial charge in [-0.25, -0.2) is 12.8 Å². The van der Waals surface area contributed by atoms with Gasteiger partial charge < -0.3 is 5.32 Å². The molecule has 0 atom stereocenters. The highest BCUT2D eigenvalue weighted by atomic mass is 32.2. The molecule has 1 saturated carbocycles. The highest BCUT2D eigenvalue weighted by molar-refractivity contribution is 7.89. The van der Waals surface area contributed by atoms with Crippen LogP contribution in [0.15, 0.2) is 29.2 Å². The van der Waals surface area contributed by atoms with Crippen molar-refractivity contribution in [1.82, 2.24) is 10.0 Å². The quantitative estimate of drug-likeness (QED) is 0.793. The maximum atomic E-state index is 13.3. The Kier molecular flexibility index (Phi) is 5.34. The molecule has 1 aliphatic carbocycles. The number of nitriles is 1. The number of carbonyl (C=O) groups excluding carboxylic acids is 1. The van der Waals surface area contributed by atoms with Crippen molar-refractivity contribution in [2.75, 3.05) is 6.54 Å². The van der Waals surface area contributed by atoms with E-state index in [-0.39, 0.29) is 11.4 Å². The molecule has 1 amide bonds. The van der Waals surface area contributed by atoms with Crippen LogP contribution in [0.25, 0.3) is 0 Å². The highest BCUT2D eigenvalue weighted by Gasteiger charge is 2.42. The van der Waals surface area contributed by atoms with Crippen molar-refractivity contribution >= 4 is 15.9 Å². The van der Waals surface area contributed by atoms with Gasteiger partial charge in [-0.1, -0.05) is 25.3 Å². The van der Waals surface area contributed by atoms with Gasteiger partial charge in [0.2, 0.25) is 15.9 Å². The van der Waals surface area contributed by atoms with Crippen LogP contribution in [0.3, 0.4) is 0 Å². The minimum absolute atomic E-state index is 0.192. The highest BCUT2D eigenvalue weighted by Crippen LogP contribution is 2.30. The van der Waals surface area contributed by atoms with E-state index in [1.54, 1.807) is 6.07 Å². The molecule has 6 nitrogen and oxygen atoms in total. The van der Waals surface area contributed by atoms with Crippen LogP contribution in [0.5, 0.6) is 0 Å². The first-order valence-electron chi connectivity index (χ1n) is 7.34. The molecule has 0 spiro atoms. The van der Waals surface area contributed by atoms with Gasteiger partial charge in [-0.15, -0.1) is 0 Å². The molecule has 0 radical (unpaired) electrons. The summed E-state index contributed by atoms with van der Waals surface area (Å²) in [6.45, 7) is -0.192. The van der Waals surface area contributed by atoms with E-state index in [9.17, 15) is 17.6 Å². The molecule has 1 fully saturated rings. The average molecular weight is 339 g/mol. The molecule has 0 bridgehead atoms. The Hall–Kier alpha value is -1.98. The number of halogens is 1. The van der Waals surface area contributed by atoms with E-state index in [4.69, 9.17) is 5.26 Å². The Bertz CT molecular complexity index is 722. The van der Waals surface area contributed by atoms with Gasteiger partial charge in [0.1, 0.15) is 17.9 Å². The molecule has 0 saturated heterocycles. The number of hydrogen-bond donors (Lipinski definition) is 2. The Labute approximate surface area is 134 Å². The standard InChI is InChI=1S/C15H18FN3O3S/c16-12-5-4-6-13(11-12)23(21,22)19-15(7-2-1-3-8-15)14(20)18-10-9-17/h4-6,11,19H,1-3,7-8,10H2,(H,18,20). The second kappa shape index (κ2) is 7.06. The van der Waals surface area contributed by atoms with E-state index >= 15 is 0 Å². The third-order valence-corrected chi connectivity index (χ3v) is 5.44. The molecule has 2 rings (SSSR count). The minimum Gasteiger partial charge on any atom is -0.341 e. The van der Waals surface area contributed by atoms with Crippen LogP contribution in [-0.2, 0) is 14.8 Å². The Balaban J connectivity index is 2.30. The summed E-state index contributed by atoms with van der Waals surface area (Å²) in [6, 6.07) is 6.43. The van der Waals surface area contributed by atoms with Crippen molar-refractivity contribution in [3.8, 4) is 6.07 Å². The lowest BCUT2D eigenvalue weighted by molar-refractivity contribution is -0.127. The van der Waals surface area contributed by atoms with Gasteiger partial charge in [0.25, 0.3) is 0 Å². The third kappa shape index (κ3) is 4.06. The molecule has 0 unspecified atom stereocenters. The zero-order valence-corrected chi connectivity index (χ0v) is 13.3. The van der Waals surface area contributed by atoms with Gasteiger partial charge in [0.15, 0.2) is 0 Å². The first-order valence-corrected chi connectivity index (χ1v) is 8.83.